The molecule has 3 aromatic rings. The molecule has 1 atom stereocenters. The molecule has 0 aliphatic carbocycles. The van der Waals surface area contributed by atoms with Gasteiger partial charge in [-0.1, -0.05) is 84.9 Å². The van der Waals surface area contributed by atoms with Gasteiger partial charge in [0.25, 0.3) is 0 Å². The van der Waals surface area contributed by atoms with E-state index in [-0.39, 0.29) is 5.91 Å². The van der Waals surface area contributed by atoms with Gasteiger partial charge in [0.15, 0.2) is 0 Å². The summed E-state index contributed by atoms with van der Waals surface area (Å²) < 4.78 is 5.44. The SMILES string of the molecule is COCN1Cc2ccccc2C(CCN2CCC(c3ccccc3)CC2)(c2ccccc2)C1=O. The van der Waals surface area contributed by atoms with Crippen LogP contribution in [0.4, 0.5) is 0 Å². The summed E-state index contributed by atoms with van der Waals surface area (Å²) in [5, 5.41) is 0. The molecule has 5 rings (SSSR count). The highest BCUT2D eigenvalue weighted by atomic mass is 16.5. The Morgan fingerprint density at radius 1 is 0.882 bits per heavy atom. The van der Waals surface area contributed by atoms with Crippen molar-refractivity contribution in [1.29, 1.82) is 0 Å². The quantitative estimate of drug-likeness (QED) is 0.493. The Labute approximate surface area is 203 Å². The second kappa shape index (κ2) is 10.1. The Bertz CT molecular complexity index is 1090. The summed E-state index contributed by atoms with van der Waals surface area (Å²) in [5.74, 6) is 0.785. The number of carbonyl (C=O) groups excluding carboxylic acids is 1. The van der Waals surface area contributed by atoms with E-state index >= 15 is 0 Å². The number of hydrogen-bond donors (Lipinski definition) is 0. The number of benzene rings is 3. The van der Waals surface area contributed by atoms with E-state index in [2.05, 4.69) is 71.6 Å². The van der Waals surface area contributed by atoms with Crippen molar-refractivity contribution in [2.45, 2.75) is 37.1 Å². The zero-order chi connectivity index (χ0) is 23.4. The molecule has 4 nitrogen and oxygen atoms in total. The van der Waals surface area contributed by atoms with Crippen LogP contribution in [0, 0.1) is 0 Å². The molecule has 0 spiro atoms. The number of fused-ring (bicyclic) bond motifs is 1. The van der Waals surface area contributed by atoms with Gasteiger partial charge in [0.1, 0.15) is 12.1 Å². The Morgan fingerprint density at radius 3 is 2.24 bits per heavy atom. The molecule has 0 N–H and O–H groups in total. The average molecular weight is 455 g/mol. The van der Waals surface area contributed by atoms with E-state index in [1.807, 2.05) is 23.1 Å². The molecule has 4 heteroatoms. The Morgan fingerprint density at radius 2 is 1.53 bits per heavy atom. The van der Waals surface area contributed by atoms with Gasteiger partial charge in [-0.2, -0.15) is 0 Å². The van der Waals surface area contributed by atoms with Gasteiger partial charge in [-0.25, -0.2) is 0 Å². The van der Waals surface area contributed by atoms with E-state index < -0.39 is 5.41 Å². The number of nitrogens with zero attached hydrogens (tertiary/aromatic N) is 2. The van der Waals surface area contributed by atoms with Crippen molar-refractivity contribution in [2.24, 2.45) is 0 Å². The number of rotatable bonds is 7. The molecular weight excluding hydrogens is 420 g/mol. The zero-order valence-electron chi connectivity index (χ0n) is 20.0. The minimum atomic E-state index is -0.690. The van der Waals surface area contributed by atoms with Crippen LogP contribution >= 0.6 is 0 Å². The van der Waals surface area contributed by atoms with Crippen molar-refractivity contribution < 1.29 is 9.53 Å². The van der Waals surface area contributed by atoms with Crippen LogP contribution in [0.15, 0.2) is 84.9 Å². The molecule has 1 saturated heterocycles. The standard InChI is InChI=1S/C30H34N2O2/c1-34-23-32-22-26-12-8-9-15-28(26)30(29(32)33,27-13-6-3-7-14-27)18-21-31-19-16-25(17-20-31)24-10-4-2-5-11-24/h2-15,25H,16-23H2,1H3. The van der Waals surface area contributed by atoms with Gasteiger partial charge in [0.05, 0.1) is 0 Å². The van der Waals surface area contributed by atoms with E-state index in [4.69, 9.17) is 4.74 Å². The van der Waals surface area contributed by atoms with Gasteiger partial charge in [-0.3, -0.25) is 4.79 Å². The zero-order valence-corrected chi connectivity index (χ0v) is 20.0. The van der Waals surface area contributed by atoms with Crippen LogP contribution in [-0.4, -0.2) is 49.2 Å². The first-order valence-corrected chi connectivity index (χ1v) is 12.4. The summed E-state index contributed by atoms with van der Waals surface area (Å²) in [6.45, 7) is 3.95. The lowest BCUT2D eigenvalue weighted by Gasteiger charge is -2.44. The number of methoxy groups -OCH3 is 1. The van der Waals surface area contributed by atoms with Crippen molar-refractivity contribution >= 4 is 5.91 Å². The average Bonchev–Trinajstić information content (AvgIpc) is 2.90. The number of ether oxygens (including phenoxy) is 1. The first kappa shape index (κ1) is 22.8. The molecule has 0 saturated carbocycles. The van der Waals surface area contributed by atoms with Gasteiger partial charge in [0, 0.05) is 13.7 Å². The number of amides is 1. The molecule has 2 heterocycles. The van der Waals surface area contributed by atoms with Crippen molar-refractivity contribution in [3.8, 4) is 0 Å². The van der Waals surface area contributed by atoms with Crippen molar-refractivity contribution in [1.82, 2.24) is 9.80 Å². The molecular formula is C30H34N2O2. The summed E-state index contributed by atoms with van der Waals surface area (Å²) in [5.41, 5.74) is 4.20. The van der Waals surface area contributed by atoms with Crippen LogP contribution in [0.2, 0.25) is 0 Å². The van der Waals surface area contributed by atoms with E-state index in [0.29, 0.717) is 19.2 Å². The minimum Gasteiger partial charge on any atom is -0.364 e. The molecule has 2 aliphatic heterocycles. The summed E-state index contributed by atoms with van der Waals surface area (Å²) in [7, 11) is 1.66. The normalized spacial score (nSPS) is 21.4. The number of piperidine rings is 1. The number of carbonyl (C=O) groups is 1. The maximum absolute atomic E-state index is 14.1. The molecule has 2 aliphatic rings. The van der Waals surface area contributed by atoms with Gasteiger partial charge < -0.3 is 14.5 Å². The summed E-state index contributed by atoms with van der Waals surface area (Å²) in [4.78, 5) is 18.6. The molecule has 0 bridgehead atoms. The predicted octanol–water partition coefficient (Wildman–Crippen LogP) is 5.19. The van der Waals surface area contributed by atoms with Crippen molar-refractivity contribution in [3.05, 3.63) is 107 Å². The van der Waals surface area contributed by atoms with Crippen LogP contribution in [0.1, 0.15) is 47.4 Å². The van der Waals surface area contributed by atoms with Crippen LogP contribution in [0.25, 0.3) is 0 Å². The molecule has 0 radical (unpaired) electrons. The van der Waals surface area contributed by atoms with E-state index in [1.54, 1.807) is 7.11 Å². The van der Waals surface area contributed by atoms with Crippen LogP contribution in [0.3, 0.4) is 0 Å². The number of hydrogen-bond acceptors (Lipinski definition) is 3. The van der Waals surface area contributed by atoms with Gasteiger partial charge in [0.2, 0.25) is 5.91 Å². The monoisotopic (exact) mass is 454 g/mol. The Hall–Kier alpha value is -2.95. The summed E-state index contributed by atoms with van der Waals surface area (Å²) >= 11 is 0. The third kappa shape index (κ3) is 4.28. The lowest BCUT2D eigenvalue weighted by atomic mass is 9.67. The summed E-state index contributed by atoms with van der Waals surface area (Å²) in [6, 6.07) is 29.7. The van der Waals surface area contributed by atoms with Crippen LogP contribution < -0.4 is 0 Å². The second-order valence-electron chi connectivity index (χ2n) is 9.63. The molecule has 0 aromatic heterocycles. The third-order valence-corrected chi connectivity index (χ3v) is 7.70. The summed E-state index contributed by atoms with van der Waals surface area (Å²) in [6.07, 6.45) is 3.11. The predicted molar refractivity (Wildman–Crippen MR) is 136 cm³/mol. The third-order valence-electron chi connectivity index (χ3n) is 7.70. The maximum atomic E-state index is 14.1. The largest absolute Gasteiger partial charge is 0.364 e. The van der Waals surface area contributed by atoms with Crippen LogP contribution in [0.5, 0.6) is 0 Å². The lowest BCUT2D eigenvalue weighted by Crippen LogP contribution is -2.53. The smallest absolute Gasteiger partial charge is 0.239 e. The molecule has 34 heavy (non-hydrogen) atoms. The molecule has 3 aromatic carbocycles. The highest BCUT2D eigenvalue weighted by molar-refractivity contribution is 5.94. The molecule has 1 fully saturated rings. The van der Waals surface area contributed by atoms with Gasteiger partial charge >= 0.3 is 0 Å². The molecule has 176 valence electrons. The Balaban J connectivity index is 1.42. The van der Waals surface area contributed by atoms with Crippen molar-refractivity contribution in [2.75, 3.05) is 33.5 Å². The fourth-order valence-electron chi connectivity index (χ4n) is 5.93. The fraction of sp³-hybridized carbons (Fsp3) is 0.367. The van der Waals surface area contributed by atoms with Crippen molar-refractivity contribution in [3.63, 3.8) is 0 Å². The topological polar surface area (TPSA) is 32.8 Å². The Kier molecular flexibility index (Phi) is 6.80. The van der Waals surface area contributed by atoms with Gasteiger partial charge in [-0.05, 0) is 67.1 Å². The highest BCUT2D eigenvalue weighted by Gasteiger charge is 2.48. The van der Waals surface area contributed by atoms with E-state index in [1.165, 1.54) is 24.0 Å². The minimum absolute atomic E-state index is 0.151. The molecule has 1 unspecified atom stereocenters. The first-order valence-electron chi connectivity index (χ1n) is 12.4. The van der Waals surface area contributed by atoms with E-state index in [0.717, 1.165) is 37.2 Å². The van der Waals surface area contributed by atoms with Crippen LogP contribution in [-0.2, 0) is 21.5 Å². The number of likely N-dealkylation sites (tertiary alicyclic amines) is 1. The van der Waals surface area contributed by atoms with E-state index in [9.17, 15) is 4.79 Å². The first-order chi connectivity index (χ1) is 16.7. The lowest BCUT2D eigenvalue weighted by molar-refractivity contribution is -0.143. The fourth-order valence-corrected chi connectivity index (χ4v) is 5.93. The maximum Gasteiger partial charge on any atom is 0.239 e. The molecule has 1 amide bonds. The second-order valence-corrected chi connectivity index (χ2v) is 9.63. The van der Waals surface area contributed by atoms with Gasteiger partial charge in [-0.15, -0.1) is 0 Å². The highest BCUT2D eigenvalue weighted by Crippen LogP contribution is 2.43.